The van der Waals surface area contributed by atoms with Crippen LogP contribution in [0.15, 0.2) is 102 Å². The molecule has 3 aromatic carbocycles. The fourth-order valence-electron chi connectivity index (χ4n) is 3.36. The highest BCUT2D eigenvalue weighted by Gasteiger charge is 2.19. The van der Waals surface area contributed by atoms with Gasteiger partial charge in [0.05, 0.1) is 5.56 Å². The van der Waals surface area contributed by atoms with Gasteiger partial charge in [-0.25, -0.2) is 0 Å². The zero-order chi connectivity index (χ0) is 20.9. The van der Waals surface area contributed by atoms with E-state index in [9.17, 15) is 9.59 Å². The maximum atomic E-state index is 13.0. The molecule has 0 spiro atoms. The van der Waals surface area contributed by atoms with Gasteiger partial charge in [-0.05, 0) is 35.4 Å². The van der Waals surface area contributed by atoms with Crippen LogP contribution in [0.5, 0.6) is 0 Å². The SMILES string of the molecule is O=C(C=CC=Cc1ccccc1)c1c(-c2ccccc2)c2cc(Cl)ccc2[nH]c1=O. The molecular formula is C26H18ClNO2. The molecule has 0 radical (unpaired) electrons. The quantitative estimate of drug-likeness (QED) is 0.238. The molecule has 0 amide bonds. The molecule has 4 heteroatoms. The molecule has 4 aromatic rings. The van der Waals surface area contributed by atoms with Crippen LogP contribution in [0.1, 0.15) is 15.9 Å². The maximum absolute atomic E-state index is 13.0. The monoisotopic (exact) mass is 411 g/mol. The van der Waals surface area contributed by atoms with Gasteiger partial charge in [0, 0.05) is 21.5 Å². The molecule has 1 N–H and O–H groups in total. The number of carbonyl (C=O) groups excluding carboxylic acids is 1. The number of rotatable bonds is 5. The molecule has 0 unspecified atom stereocenters. The van der Waals surface area contributed by atoms with E-state index in [4.69, 9.17) is 11.6 Å². The molecule has 0 saturated heterocycles. The molecule has 1 aromatic heterocycles. The van der Waals surface area contributed by atoms with Gasteiger partial charge in [0.1, 0.15) is 0 Å². The van der Waals surface area contributed by atoms with Gasteiger partial charge in [-0.15, -0.1) is 0 Å². The van der Waals surface area contributed by atoms with Crippen LogP contribution in [-0.4, -0.2) is 10.8 Å². The first-order chi connectivity index (χ1) is 14.6. The third kappa shape index (κ3) is 4.17. The molecule has 0 fully saturated rings. The van der Waals surface area contributed by atoms with E-state index in [2.05, 4.69) is 4.98 Å². The average molecular weight is 412 g/mol. The molecule has 0 bridgehead atoms. The highest BCUT2D eigenvalue weighted by atomic mass is 35.5. The van der Waals surface area contributed by atoms with E-state index in [1.807, 2.05) is 66.7 Å². The second-order valence-corrected chi connectivity index (χ2v) is 7.19. The lowest BCUT2D eigenvalue weighted by Crippen LogP contribution is -2.18. The van der Waals surface area contributed by atoms with Gasteiger partial charge in [0.15, 0.2) is 5.78 Å². The Morgan fingerprint density at radius 2 is 1.57 bits per heavy atom. The van der Waals surface area contributed by atoms with Crippen LogP contribution < -0.4 is 5.56 Å². The summed E-state index contributed by atoms with van der Waals surface area (Å²) in [5.41, 5.74) is 2.70. The van der Waals surface area contributed by atoms with Gasteiger partial charge in [-0.2, -0.15) is 0 Å². The molecule has 0 aliphatic rings. The zero-order valence-electron chi connectivity index (χ0n) is 16.0. The van der Waals surface area contributed by atoms with Crippen molar-refractivity contribution < 1.29 is 4.79 Å². The summed E-state index contributed by atoms with van der Waals surface area (Å²) in [6, 6.07) is 24.4. The van der Waals surface area contributed by atoms with Gasteiger partial charge in [0.25, 0.3) is 5.56 Å². The van der Waals surface area contributed by atoms with Crippen molar-refractivity contribution >= 4 is 34.4 Å². The largest absolute Gasteiger partial charge is 0.321 e. The molecule has 0 atom stereocenters. The molecular weight excluding hydrogens is 394 g/mol. The topological polar surface area (TPSA) is 49.9 Å². The maximum Gasteiger partial charge on any atom is 0.260 e. The van der Waals surface area contributed by atoms with Crippen molar-refractivity contribution in [2.24, 2.45) is 0 Å². The van der Waals surface area contributed by atoms with Crippen molar-refractivity contribution in [3.63, 3.8) is 0 Å². The van der Waals surface area contributed by atoms with E-state index in [1.165, 1.54) is 6.08 Å². The Morgan fingerprint density at radius 1 is 0.867 bits per heavy atom. The summed E-state index contributed by atoms with van der Waals surface area (Å²) in [5, 5.41) is 1.26. The molecule has 3 nitrogen and oxygen atoms in total. The number of H-pyrrole nitrogens is 1. The number of aromatic amines is 1. The lowest BCUT2D eigenvalue weighted by atomic mass is 9.94. The molecule has 0 aliphatic heterocycles. The Labute approximate surface area is 179 Å². The van der Waals surface area contributed by atoms with Crippen molar-refractivity contribution in [2.75, 3.05) is 0 Å². The normalized spacial score (nSPS) is 11.5. The van der Waals surface area contributed by atoms with E-state index < -0.39 is 5.56 Å². The third-order valence-electron chi connectivity index (χ3n) is 4.73. The van der Waals surface area contributed by atoms with Crippen LogP contribution in [0, 0.1) is 0 Å². The van der Waals surface area contributed by atoms with E-state index in [0.717, 1.165) is 16.5 Å². The number of pyridine rings is 1. The first-order valence-corrected chi connectivity index (χ1v) is 9.86. The second kappa shape index (κ2) is 8.76. The zero-order valence-corrected chi connectivity index (χ0v) is 16.8. The number of hydrogen-bond acceptors (Lipinski definition) is 2. The molecule has 0 aliphatic carbocycles. The van der Waals surface area contributed by atoms with Crippen LogP contribution in [-0.2, 0) is 0 Å². The first kappa shape index (κ1) is 19.6. The number of benzene rings is 3. The Morgan fingerprint density at radius 3 is 2.30 bits per heavy atom. The summed E-state index contributed by atoms with van der Waals surface area (Å²) >= 11 is 6.21. The minimum Gasteiger partial charge on any atom is -0.321 e. The Bertz CT molecular complexity index is 1320. The number of nitrogens with one attached hydrogen (secondary N) is 1. The van der Waals surface area contributed by atoms with Crippen LogP contribution in [0.25, 0.3) is 28.1 Å². The fourth-order valence-corrected chi connectivity index (χ4v) is 3.53. The number of fused-ring (bicyclic) bond motifs is 1. The lowest BCUT2D eigenvalue weighted by Gasteiger charge is -2.11. The summed E-state index contributed by atoms with van der Waals surface area (Å²) in [4.78, 5) is 28.7. The van der Waals surface area contributed by atoms with Gasteiger partial charge in [0.2, 0.25) is 0 Å². The Balaban J connectivity index is 1.81. The average Bonchev–Trinajstić information content (AvgIpc) is 2.77. The Hall–Kier alpha value is -3.69. The van der Waals surface area contributed by atoms with E-state index in [0.29, 0.717) is 16.1 Å². The van der Waals surface area contributed by atoms with Crippen molar-refractivity contribution in [3.05, 3.63) is 124 Å². The summed E-state index contributed by atoms with van der Waals surface area (Å²) in [6.45, 7) is 0. The molecule has 1 heterocycles. The number of aromatic nitrogens is 1. The standard InChI is InChI=1S/C26H18ClNO2/c27-20-15-16-22-21(17-20)24(19-12-5-2-6-13-19)25(26(30)28-22)23(29)14-8-7-11-18-9-3-1-4-10-18/h1-17H,(H,28,30). The van der Waals surface area contributed by atoms with Gasteiger partial charge in [-0.3, -0.25) is 9.59 Å². The Kier molecular flexibility index (Phi) is 5.73. The smallest absolute Gasteiger partial charge is 0.260 e. The van der Waals surface area contributed by atoms with Crippen LogP contribution >= 0.6 is 11.6 Å². The van der Waals surface area contributed by atoms with Crippen molar-refractivity contribution in [1.82, 2.24) is 4.98 Å². The number of halogens is 1. The van der Waals surface area contributed by atoms with Crippen molar-refractivity contribution in [1.29, 1.82) is 0 Å². The molecule has 0 saturated carbocycles. The lowest BCUT2D eigenvalue weighted by molar-refractivity contribution is 0.104. The highest BCUT2D eigenvalue weighted by molar-refractivity contribution is 6.31. The molecule has 4 rings (SSSR count). The van der Waals surface area contributed by atoms with Crippen molar-refractivity contribution in [3.8, 4) is 11.1 Å². The van der Waals surface area contributed by atoms with Gasteiger partial charge in [-0.1, -0.05) is 90.5 Å². The predicted molar refractivity (Wildman–Crippen MR) is 124 cm³/mol. The third-order valence-corrected chi connectivity index (χ3v) is 4.97. The predicted octanol–water partition coefficient (Wildman–Crippen LogP) is 6.30. The first-order valence-electron chi connectivity index (χ1n) is 9.48. The number of carbonyl (C=O) groups is 1. The number of hydrogen-bond donors (Lipinski definition) is 1. The molecule has 146 valence electrons. The van der Waals surface area contributed by atoms with E-state index in [1.54, 1.807) is 30.4 Å². The van der Waals surface area contributed by atoms with E-state index >= 15 is 0 Å². The minimum absolute atomic E-state index is 0.0975. The summed E-state index contributed by atoms with van der Waals surface area (Å²) < 4.78 is 0. The highest BCUT2D eigenvalue weighted by Crippen LogP contribution is 2.31. The molecule has 30 heavy (non-hydrogen) atoms. The van der Waals surface area contributed by atoms with E-state index in [-0.39, 0.29) is 11.3 Å². The van der Waals surface area contributed by atoms with Gasteiger partial charge < -0.3 is 4.98 Å². The van der Waals surface area contributed by atoms with Gasteiger partial charge >= 0.3 is 0 Å². The van der Waals surface area contributed by atoms with Crippen LogP contribution in [0.3, 0.4) is 0 Å². The second-order valence-electron chi connectivity index (χ2n) is 6.75. The summed E-state index contributed by atoms with van der Waals surface area (Å²) in [6.07, 6.45) is 6.73. The number of ketones is 1. The summed E-state index contributed by atoms with van der Waals surface area (Å²) in [7, 11) is 0. The fraction of sp³-hybridized carbons (Fsp3) is 0. The summed E-state index contributed by atoms with van der Waals surface area (Å²) in [5.74, 6) is -0.366. The van der Waals surface area contributed by atoms with Crippen molar-refractivity contribution in [2.45, 2.75) is 0 Å². The number of allylic oxidation sites excluding steroid dienone is 3. The van der Waals surface area contributed by atoms with Crippen LogP contribution in [0.2, 0.25) is 5.02 Å². The van der Waals surface area contributed by atoms with Crippen LogP contribution in [0.4, 0.5) is 0 Å². The minimum atomic E-state index is -0.426.